The van der Waals surface area contributed by atoms with Crippen molar-refractivity contribution in [1.82, 2.24) is 5.48 Å². The molecular formula is C4H7NO3. The second kappa shape index (κ2) is 2.64. The molecule has 46 valence electrons. The minimum atomic E-state index is 0.0696. The Morgan fingerprint density at radius 1 is 1.75 bits per heavy atom. The first-order chi connectivity index (χ1) is 3.93. The van der Waals surface area contributed by atoms with Gasteiger partial charge in [0.15, 0.2) is 0 Å². The fourth-order valence-electron chi connectivity index (χ4n) is 0.406. The van der Waals surface area contributed by atoms with Crippen molar-refractivity contribution in [3.63, 3.8) is 0 Å². The molecule has 4 heteroatoms. The highest BCUT2D eigenvalue weighted by atomic mass is 16.7. The van der Waals surface area contributed by atoms with E-state index < -0.39 is 0 Å². The molecule has 1 aliphatic rings. The second-order valence-corrected chi connectivity index (χ2v) is 1.51. The molecule has 8 heavy (non-hydrogen) atoms. The average molecular weight is 117 g/mol. The van der Waals surface area contributed by atoms with Crippen LogP contribution in [0.3, 0.4) is 0 Å². The summed E-state index contributed by atoms with van der Waals surface area (Å²) in [6.45, 7) is 1.17. The minimum absolute atomic E-state index is 0.0696. The largest absolute Gasteiger partial charge is 0.376 e. The molecule has 1 saturated heterocycles. The quantitative estimate of drug-likeness (QED) is 0.383. The maximum atomic E-state index is 9.57. The van der Waals surface area contributed by atoms with Crippen molar-refractivity contribution < 1.29 is 14.4 Å². The Balaban J connectivity index is 1.93. The molecule has 0 aromatic heterocycles. The van der Waals surface area contributed by atoms with Gasteiger partial charge in [-0.05, 0) is 0 Å². The molecule has 0 atom stereocenters. The maximum Gasteiger partial charge on any atom is 0.230 e. The molecule has 1 rings (SSSR count). The lowest BCUT2D eigenvalue weighted by Gasteiger charge is -2.24. The smallest absolute Gasteiger partial charge is 0.230 e. The van der Waals surface area contributed by atoms with Crippen molar-refractivity contribution in [2.45, 2.75) is 6.10 Å². The normalized spacial score (nSPS) is 19.5. The number of carbonyl (C=O) groups is 1. The van der Waals surface area contributed by atoms with Crippen LogP contribution in [0.1, 0.15) is 0 Å². The number of hydrogen-bond acceptors (Lipinski definition) is 3. The zero-order chi connectivity index (χ0) is 5.82. The summed E-state index contributed by atoms with van der Waals surface area (Å²) in [5, 5.41) is 0. The molecule has 0 aromatic rings. The average Bonchev–Trinajstić information content (AvgIpc) is 1.63. The van der Waals surface area contributed by atoms with Crippen LogP contribution in [0.4, 0.5) is 0 Å². The van der Waals surface area contributed by atoms with E-state index in [4.69, 9.17) is 4.74 Å². The summed E-state index contributed by atoms with van der Waals surface area (Å²) >= 11 is 0. The van der Waals surface area contributed by atoms with Gasteiger partial charge in [0.1, 0.15) is 6.10 Å². The third-order valence-electron chi connectivity index (χ3n) is 0.890. The highest BCUT2D eigenvalue weighted by Gasteiger charge is 2.18. The molecule has 1 amide bonds. The van der Waals surface area contributed by atoms with E-state index in [0.29, 0.717) is 19.6 Å². The molecule has 1 N–H and O–H groups in total. The fraction of sp³-hybridized carbons (Fsp3) is 0.750. The van der Waals surface area contributed by atoms with Crippen LogP contribution in [-0.4, -0.2) is 25.7 Å². The van der Waals surface area contributed by atoms with Crippen LogP contribution < -0.4 is 5.48 Å². The van der Waals surface area contributed by atoms with E-state index in [1.807, 2.05) is 0 Å². The van der Waals surface area contributed by atoms with Crippen molar-refractivity contribution in [3.05, 3.63) is 0 Å². The topological polar surface area (TPSA) is 47.6 Å². The lowest BCUT2D eigenvalue weighted by atomic mass is 10.3. The Bertz CT molecular complexity index is 81.4. The highest BCUT2D eigenvalue weighted by Crippen LogP contribution is 2.01. The molecule has 0 bridgehead atoms. The van der Waals surface area contributed by atoms with Gasteiger partial charge in [-0.3, -0.25) is 9.63 Å². The van der Waals surface area contributed by atoms with Crippen LogP contribution >= 0.6 is 0 Å². The lowest BCUT2D eigenvalue weighted by molar-refractivity contribution is -0.167. The van der Waals surface area contributed by atoms with Gasteiger partial charge < -0.3 is 4.74 Å². The Labute approximate surface area is 46.7 Å². The Kier molecular flexibility index (Phi) is 1.82. The number of rotatable bonds is 3. The van der Waals surface area contributed by atoms with Crippen LogP contribution in [0.15, 0.2) is 0 Å². The summed E-state index contributed by atoms with van der Waals surface area (Å²) in [6.07, 6.45) is 0.568. The molecule has 0 spiro atoms. The SMILES string of the molecule is O=CNOC1COC1. The number of nitrogens with one attached hydrogen (secondary N) is 1. The molecule has 0 aliphatic carbocycles. The van der Waals surface area contributed by atoms with Gasteiger partial charge in [-0.25, -0.2) is 5.48 Å². The third kappa shape index (κ3) is 1.18. The zero-order valence-electron chi connectivity index (χ0n) is 4.29. The van der Waals surface area contributed by atoms with Gasteiger partial charge in [-0.1, -0.05) is 0 Å². The summed E-state index contributed by atoms with van der Waals surface area (Å²) in [5.41, 5.74) is 2.09. The lowest BCUT2D eigenvalue weighted by Crippen LogP contribution is -2.39. The Morgan fingerprint density at radius 3 is 2.88 bits per heavy atom. The van der Waals surface area contributed by atoms with Gasteiger partial charge in [0.25, 0.3) is 0 Å². The first-order valence-electron chi connectivity index (χ1n) is 2.36. The maximum absolute atomic E-state index is 9.57. The number of carbonyl (C=O) groups excluding carboxylic acids is 1. The van der Waals surface area contributed by atoms with Crippen molar-refractivity contribution >= 4 is 6.41 Å². The minimum Gasteiger partial charge on any atom is -0.376 e. The van der Waals surface area contributed by atoms with Crippen LogP contribution in [0.2, 0.25) is 0 Å². The Hall–Kier alpha value is -0.610. The van der Waals surface area contributed by atoms with E-state index in [9.17, 15) is 4.79 Å². The number of hydroxylamine groups is 1. The summed E-state index contributed by atoms with van der Waals surface area (Å²) in [7, 11) is 0. The van der Waals surface area contributed by atoms with Crippen LogP contribution in [0.25, 0.3) is 0 Å². The van der Waals surface area contributed by atoms with Crippen molar-refractivity contribution in [3.8, 4) is 0 Å². The molecule has 0 radical (unpaired) electrons. The first-order valence-corrected chi connectivity index (χ1v) is 2.36. The summed E-state index contributed by atoms with van der Waals surface area (Å²) in [6, 6.07) is 0. The fourth-order valence-corrected chi connectivity index (χ4v) is 0.406. The van der Waals surface area contributed by atoms with Crippen molar-refractivity contribution in [2.24, 2.45) is 0 Å². The van der Waals surface area contributed by atoms with Crippen molar-refractivity contribution in [2.75, 3.05) is 13.2 Å². The van der Waals surface area contributed by atoms with Gasteiger partial charge in [0, 0.05) is 0 Å². The monoisotopic (exact) mass is 117 g/mol. The molecule has 1 aliphatic heterocycles. The van der Waals surface area contributed by atoms with E-state index >= 15 is 0 Å². The van der Waals surface area contributed by atoms with Gasteiger partial charge in [-0.15, -0.1) is 0 Å². The van der Waals surface area contributed by atoms with E-state index in [2.05, 4.69) is 10.3 Å². The van der Waals surface area contributed by atoms with E-state index in [-0.39, 0.29) is 6.10 Å². The van der Waals surface area contributed by atoms with Crippen LogP contribution in [0.5, 0.6) is 0 Å². The molecule has 0 aromatic carbocycles. The van der Waals surface area contributed by atoms with Crippen molar-refractivity contribution in [1.29, 1.82) is 0 Å². The summed E-state index contributed by atoms with van der Waals surface area (Å²) in [4.78, 5) is 14.3. The third-order valence-corrected chi connectivity index (χ3v) is 0.890. The van der Waals surface area contributed by atoms with Gasteiger partial charge >= 0.3 is 0 Å². The first kappa shape index (κ1) is 5.53. The Morgan fingerprint density at radius 2 is 2.50 bits per heavy atom. The van der Waals surface area contributed by atoms with Gasteiger partial charge in [-0.2, -0.15) is 0 Å². The second-order valence-electron chi connectivity index (χ2n) is 1.51. The number of amides is 1. The van der Waals surface area contributed by atoms with Crippen LogP contribution in [-0.2, 0) is 14.4 Å². The van der Waals surface area contributed by atoms with Gasteiger partial charge in [0.05, 0.1) is 13.2 Å². The molecule has 1 heterocycles. The molecular weight excluding hydrogens is 110 g/mol. The predicted molar refractivity (Wildman–Crippen MR) is 24.9 cm³/mol. The van der Waals surface area contributed by atoms with E-state index in [1.54, 1.807) is 0 Å². The van der Waals surface area contributed by atoms with Gasteiger partial charge in [0.2, 0.25) is 6.41 Å². The number of hydrogen-bond donors (Lipinski definition) is 1. The standard InChI is InChI=1S/C4H7NO3/c6-3-5-8-4-1-7-2-4/h3-4H,1-2H2,(H,5,6). The predicted octanol–water partition coefficient (Wildman–Crippen LogP) is -0.937. The number of ether oxygens (including phenoxy) is 1. The summed E-state index contributed by atoms with van der Waals surface area (Å²) < 4.78 is 4.75. The molecule has 0 unspecified atom stereocenters. The van der Waals surface area contributed by atoms with E-state index in [0.717, 1.165) is 0 Å². The molecule has 0 saturated carbocycles. The van der Waals surface area contributed by atoms with Crippen LogP contribution in [0, 0.1) is 0 Å². The summed E-state index contributed by atoms with van der Waals surface area (Å²) in [5.74, 6) is 0. The van der Waals surface area contributed by atoms with E-state index in [1.165, 1.54) is 0 Å². The molecule has 1 fully saturated rings. The molecule has 4 nitrogen and oxygen atoms in total. The zero-order valence-corrected chi connectivity index (χ0v) is 4.29. The highest BCUT2D eigenvalue weighted by molar-refractivity contribution is 5.43.